The Hall–Kier alpha value is -2.54. The molecule has 3 N–H and O–H groups in total. The Kier molecular flexibility index (Phi) is 10.7. The molecule has 3 amide bonds. The van der Waals surface area contributed by atoms with Gasteiger partial charge in [-0.25, -0.2) is 4.79 Å². The lowest BCUT2D eigenvalue weighted by molar-refractivity contribution is -0.179. The molecule has 8 atom stereocenters. The Labute approximate surface area is 236 Å². The van der Waals surface area contributed by atoms with Crippen LogP contribution in [0.5, 0.6) is 0 Å². The van der Waals surface area contributed by atoms with Gasteiger partial charge in [0, 0.05) is 6.54 Å². The molecular formula is C28H45N3O9. The van der Waals surface area contributed by atoms with Crippen LogP contribution in [0.4, 0.5) is 0 Å². The van der Waals surface area contributed by atoms with Gasteiger partial charge < -0.3 is 39.6 Å². The molecule has 0 unspecified atom stereocenters. The van der Waals surface area contributed by atoms with Gasteiger partial charge in [0.2, 0.25) is 17.7 Å². The van der Waals surface area contributed by atoms with E-state index in [9.17, 15) is 24.3 Å². The van der Waals surface area contributed by atoms with Crippen molar-refractivity contribution in [2.24, 2.45) is 5.92 Å². The quantitative estimate of drug-likeness (QED) is 0.257. The molecule has 0 bridgehead atoms. The van der Waals surface area contributed by atoms with Gasteiger partial charge in [0.15, 0.2) is 5.79 Å². The van der Waals surface area contributed by atoms with Gasteiger partial charge in [0.1, 0.15) is 36.4 Å². The molecular weight excluding hydrogens is 522 g/mol. The minimum absolute atomic E-state index is 0.0893. The predicted octanol–water partition coefficient (Wildman–Crippen LogP) is 0.801. The van der Waals surface area contributed by atoms with E-state index in [-0.39, 0.29) is 30.5 Å². The fourth-order valence-corrected chi connectivity index (χ4v) is 5.55. The van der Waals surface area contributed by atoms with Crippen molar-refractivity contribution in [3.05, 3.63) is 12.2 Å². The van der Waals surface area contributed by atoms with Crippen LogP contribution < -0.4 is 10.6 Å². The second-order valence-corrected chi connectivity index (χ2v) is 11.7. The summed E-state index contributed by atoms with van der Waals surface area (Å²) in [6, 6.07) is -2.42. The van der Waals surface area contributed by atoms with Crippen LogP contribution in [0.1, 0.15) is 67.2 Å². The van der Waals surface area contributed by atoms with E-state index in [0.717, 1.165) is 0 Å². The highest BCUT2D eigenvalue weighted by Crippen LogP contribution is 2.38. The van der Waals surface area contributed by atoms with Crippen LogP contribution in [-0.2, 0) is 38.1 Å². The van der Waals surface area contributed by atoms with Crippen molar-refractivity contribution in [1.82, 2.24) is 15.5 Å². The first-order chi connectivity index (χ1) is 18.7. The first kappa shape index (κ1) is 32.0. The number of aliphatic hydroxyl groups is 1. The molecule has 0 spiro atoms. The number of methoxy groups -OCH3 is 1. The molecule has 0 aromatic heterocycles. The second kappa shape index (κ2) is 13.4. The number of carbonyl (C=O) groups is 4. The number of aliphatic hydroxyl groups excluding tert-OH is 1. The van der Waals surface area contributed by atoms with Gasteiger partial charge in [-0.15, -0.1) is 0 Å². The Morgan fingerprint density at radius 1 is 1.12 bits per heavy atom. The van der Waals surface area contributed by atoms with E-state index in [1.54, 1.807) is 26.8 Å². The average molecular weight is 568 g/mol. The van der Waals surface area contributed by atoms with E-state index in [1.807, 2.05) is 20.8 Å². The first-order valence-electron chi connectivity index (χ1n) is 14.1. The van der Waals surface area contributed by atoms with Gasteiger partial charge in [-0.1, -0.05) is 19.9 Å². The lowest BCUT2D eigenvalue weighted by Crippen LogP contribution is -2.55. The zero-order valence-corrected chi connectivity index (χ0v) is 24.5. The number of rotatable bonds is 10. The highest BCUT2D eigenvalue weighted by molar-refractivity contribution is 5.95. The SMILES string of the molecule is COC(=O)[C@@H]1CCCN1C(=O)[C@H](C)NC(=O)[C@H](CC(C)C)NC(=O)/C=C/C[C@@H]1O[C@@H](C)[C@H]2OC(C)(C)O[C@H]2[C@@H]1O. The Morgan fingerprint density at radius 3 is 2.45 bits per heavy atom. The van der Waals surface area contributed by atoms with E-state index in [2.05, 4.69) is 10.6 Å². The zero-order valence-electron chi connectivity index (χ0n) is 24.5. The summed E-state index contributed by atoms with van der Waals surface area (Å²) in [6.45, 7) is 11.3. The van der Waals surface area contributed by atoms with E-state index in [1.165, 1.54) is 18.1 Å². The van der Waals surface area contributed by atoms with Crippen LogP contribution in [0.25, 0.3) is 0 Å². The Bertz CT molecular complexity index is 969. The number of carbonyl (C=O) groups excluding carboxylic acids is 4. The van der Waals surface area contributed by atoms with Gasteiger partial charge in [-0.3, -0.25) is 14.4 Å². The number of nitrogens with one attached hydrogen (secondary N) is 2. The zero-order chi connectivity index (χ0) is 29.8. The summed E-state index contributed by atoms with van der Waals surface area (Å²) < 4.78 is 22.4. The van der Waals surface area contributed by atoms with E-state index >= 15 is 0 Å². The Morgan fingerprint density at radius 2 is 1.80 bits per heavy atom. The smallest absolute Gasteiger partial charge is 0.328 e. The van der Waals surface area contributed by atoms with Crippen molar-refractivity contribution in [3.63, 3.8) is 0 Å². The summed E-state index contributed by atoms with van der Waals surface area (Å²) in [5.41, 5.74) is 0. The molecule has 3 rings (SSSR count). The molecule has 3 aliphatic rings. The molecule has 0 radical (unpaired) electrons. The lowest BCUT2D eigenvalue weighted by atomic mass is 9.94. The summed E-state index contributed by atoms with van der Waals surface area (Å²) in [4.78, 5) is 52.2. The third kappa shape index (κ3) is 7.80. The molecule has 3 aliphatic heterocycles. The molecule has 0 aliphatic carbocycles. The largest absolute Gasteiger partial charge is 0.467 e. The minimum atomic E-state index is -0.927. The molecule has 12 heteroatoms. The lowest BCUT2D eigenvalue weighted by Gasteiger charge is -2.38. The molecule has 0 aromatic rings. The van der Waals surface area contributed by atoms with Gasteiger partial charge in [-0.05, 0) is 65.4 Å². The standard InChI is InChI=1S/C28H45N3O9/c1-15(2)14-18(25(34)29-16(3)26(35)31-13-9-10-19(31)27(36)37-7)30-21(32)12-8-11-20-22(33)24-23(17(4)38-20)39-28(5,6)40-24/h8,12,15-20,22-24,33H,9-11,13-14H2,1-7H3,(H,29,34)(H,30,32)/b12-8+/t16-,17-,18-,19-,20-,22+,23+,24-/m0/s1. The number of fused-ring (bicyclic) bond motifs is 1. The van der Waals surface area contributed by atoms with Crippen molar-refractivity contribution in [1.29, 1.82) is 0 Å². The predicted molar refractivity (Wildman–Crippen MR) is 144 cm³/mol. The number of likely N-dealkylation sites (tertiary alicyclic amines) is 1. The number of hydrogen-bond acceptors (Lipinski definition) is 9. The van der Waals surface area contributed by atoms with Crippen LogP contribution in [0.3, 0.4) is 0 Å². The number of hydrogen-bond donors (Lipinski definition) is 3. The third-order valence-electron chi connectivity index (χ3n) is 7.45. The third-order valence-corrected chi connectivity index (χ3v) is 7.45. The number of ether oxygens (including phenoxy) is 4. The van der Waals surface area contributed by atoms with Crippen molar-refractivity contribution in [3.8, 4) is 0 Å². The van der Waals surface area contributed by atoms with E-state index in [4.69, 9.17) is 18.9 Å². The molecule has 0 aromatic carbocycles. The summed E-state index contributed by atoms with van der Waals surface area (Å²) in [7, 11) is 1.28. The fraction of sp³-hybridized carbons (Fsp3) is 0.786. The van der Waals surface area contributed by atoms with Gasteiger partial charge in [-0.2, -0.15) is 0 Å². The topological polar surface area (TPSA) is 153 Å². The number of amides is 3. The molecule has 12 nitrogen and oxygen atoms in total. The van der Waals surface area contributed by atoms with Crippen LogP contribution in [0.2, 0.25) is 0 Å². The second-order valence-electron chi connectivity index (χ2n) is 11.7. The average Bonchev–Trinajstić information content (AvgIpc) is 3.49. The van der Waals surface area contributed by atoms with Crippen molar-refractivity contribution in [2.75, 3.05) is 13.7 Å². The molecule has 40 heavy (non-hydrogen) atoms. The van der Waals surface area contributed by atoms with Gasteiger partial charge in [0.05, 0.1) is 19.3 Å². The molecule has 226 valence electrons. The van der Waals surface area contributed by atoms with Crippen molar-refractivity contribution in [2.45, 2.75) is 122 Å². The fourth-order valence-electron chi connectivity index (χ4n) is 5.55. The highest BCUT2D eigenvalue weighted by Gasteiger charge is 2.53. The molecule has 3 saturated heterocycles. The van der Waals surface area contributed by atoms with Crippen LogP contribution in [-0.4, -0.2) is 102 Å². The van der Waals surface area contributed by atoms with E-state index in [0.29, 0.717) is 25.8 Å². The number of esters is 1. The maximum absolute atomic E-state index is 13.1. The minimum Gasteiger partial charge on any atom is -0.467 e. The normalized spacial score (nSPS) is 31.1. The monoisotopic (exact) mass is 567 g/mol. The molecule has 3 fully saturated rings. The van der Waals surface area contributed by atoms with Gasteiger partial charge in [0.25, 0.3) is 0 Å². The van der Waals surface area contributed by atoms with Crippen LogP contribution in [0, 0.1) is 5.92 Å². The summed E-state index contributed by atoms with van der Waals surface area (Å²) in [5.74, 6) is -2.55. The summed E-state index contributed by atoms with van der Waals surface area (Å²) >= 11 is 0. The summed E-state index contributed by atoms with van der Waals surface area (Å²) in [6.07, 6.45) is 1.99. The molecule has 3 heterocycles. The van der Waals surface area contributed by atoms with Crippen molar-refractivity contribution < 1.29 is 43.2 Å². The molecule has 0 saturated carbocycles. The maximum Gasteiger partial charge on any atom is 0.328 e. The maximum atomic E-state index is 13.1. The first-order valence-corrected chi connectivity index (χ1v) is 14.1. The van der Waals surface area contributed by atoms with Crippen LogP contribution >= 0.6 is 0 Å². The van der Waals surface area contributed by atoms with Crippen LogP contribution in [0.15, 0.2) is 12.2 Å². The summed E-state index contributed by atoms with van der Waals surface area (Å²) in [5, 5.41) is 16.2. The van der Waals surface area contributed by atoms with E-state index < -0.39 is 60.0 Å². The highest BCUT2D eigenvalue weighted by atomic mass is 16.8. The van der Waals surface area contributed by atoms with Gasteiger partial charge >= 0.3 is 5.97 Å². The Balaban J connectivity index is 1.55. The van der Waals surface area contributed by atoms with Crippen molar-refractivity contribution >= 4 is 23.7 Å². The number of nitrogens with zero attached hydrogens (tertiary/aromatic N) is 1.